The summed E-state index contributed by atoms with van der Waals surface area (Å²) in [6, 6.07) is 8.31. The van der Waals surface area contributed by atoms with Crippen molar-refractivity contribution in [3.8, 4) is 0 Å². The SMILES string of the molecule is O=C1c2ccccc2C(=O)N1c1ccc(S(=O)(=O)O)cc1[N+](=O)[O-]. The van der Waals surface area contributed by atoms with Crippen LogP contribution in [0.5, 0.6) is 0 Å². The molecule has 0 aromatic heterocycles. The molecule has 10 heteroatoms. The summed E-state index contributed by atoms with van der Waals surface area (Å²) in [4.78, 5) is 34.9. The van der Waals surface area contributed by atoms with Crippen molar-refractivity contribution in [2.24, 2.45) is 0 Å². The van der Waals surface area contributed by atoms with Crippen LogP contribution in [-0.2, 0) is 10.1 Å². The largest absolute Gasteiger partial charge is 0.294 e. The number of carbonyl (C=O) groups is 2. The Bertz CT molecular complexity index is 979. The Balaban J connectivity index is 2.19. The molecular weight excluding hydrogens is 340 g/mol. The molecule has 0 bridgehead atoms. The first-order valence-corrected chi connectivity index (χ1v) is 7.89. The average molecular weight is 348 g/mol. The molecule has 0 unspecified atom stereocenters. The molecule has 0 radical (unpaired) electrons. The van der Waals surface area contributed by atoms with E-state index in [4.69, 9.17) is 4.55 Å². The lowest BCUT2D eigenvalue weighted by Gasteiger charge is -2.14. The molecule has 3 rings (SSSR count). The maximum Gasteiger partial charge on any atom is 0.294 e. The number of fused-ring (bicyclic) bond motifs is 1. The van der Waals surface area contributed by atoms with Crippen molar-refractivity contribution in [3.05, 3.63) is 63.7 Å². The fourth-order valence-electron chi connectivity index (χ4n) is 2.41. The van der Waals surface area contributed by atoms with Gasteiger partial charge < -0.3 is 0 Å². The number of benzene rings is 2. The molecule has 9 nitrogen and oxygen atoms in total. The number of hydrogen-bond donors (Lipinski definition) is 1. The third kappa shape index (κ3) is 2.33. The van der Waals surface area contributed by atoms with Crippen molar-refractivity contribution in [1.82, 2.24) is 0 Å². The minimum absolute atomic E-state index is 0.0932. The van der Waals surface area contributed by atoms with Gasteiger partial charge in [-0.15, -0.1) is 0 Å². The first kappa shape index (κ1) is 15.8. The van der Waals surface area contributed by atoms with E-state index in [0.29, 0.717) is 11.0 Å². The van der Waals surface area contributed by atoms with Crippen LogP contribution in [0.4, 0.5) is 11.4 Å². The third-order valence-electron chi connectivity index (χ3n) is 3.48. The molecular formula is C14H8N2O7S. The molecule has 2 amide bonds. The molecule has 0 saturated heterocycles. The van der Waals surface area contributed by atoms with Gasteiger partial charge in [-0.3, -0.25) is 24.3 Å². The molecule has 1 aliphatic rings. The lowest BCUT2D eigenvalue weighted by Crippen LogP contribution is -2.30. The predicted octanol–water partition coefficient (Wildman–Crippen LogP) is 1.64. The van der Waals surface area contributed by atoms with Crippen LogP contribution in [0.15, 0.2) is 47.4 Å². The summed E-state index contributed by atoms with van der Waals surface area (Å²) in [5.41, 5.74) is -0.982. The standard InChI is InChI=1S/C14H8N2O7S/c17-13-9-3-1-2-4-10(9)14(18)15(13)11-6-5-8(24(21,22)23)7-12(11)16(19)20/h1-7H,(H,21,22,23). The van der Waals surface area contributed by atoms with Gasteiger partial charge in [0, 0.05) is 6.07 Å². The van der Waals surface area contributed by atoms with Gasteiger partial charge in [-0.1, -0.05) is 12.1 Å². The Morgan fingerprint density at radius 1 is 1.00 bits per heavy atom. The molecule has 0 aliphatic carbocycles. The van der Waals surface area contributed by atoms with E-state index in [1.165, 1.54) is 12.1 Å². The number of imide groups is 1. The second-order valence-corrected chi connectivity index (χ2v) is 6.30. The van der Waals surface area contributed by atoms with Gasteiger partial charge >= 0.3 is 0 Å². The Kier molecular flexibility index (Phi) is 3.43. The Hall–Kier alpha value is -3.11. The molecule has 24 heavy (non-hydrogen) atoms. The maximum atomic E-state index is 12.4. The molecule has 0 fully saturated rings. The zero-order valence-electron chi connectivity index (χ0n) is 11.7. The fraction of sp³-hybridized carbons (Fsp3) is 0. The number of rotatable bonds is 3. The summed E-state index contributed by atoms with van der Waals surface area (Å²) in [6.07, 6.45) is 0. The molecule has 0 atom stereocenters. The normalized spacial score (nSPS) is 14.0. The molecule has 0 spiro atoms. The van der Waals surface area contributed by atoms with Gasteiger partial charge in [-0.25, -0.2) is 4.90 Å². The van der Waals surface area contributed by atoms with E-state index in [1.54, 1.807) is 12.1 Å². The topological polar surface area (TPSA) is 135 Å². The Labute approximate surface area is 135 Å². The highest BCUT2D eigenvalue weighted by atomic mass is 32.2. The maximum absolute atomic E-state index is 12.4. The van der Waals surface area contributed by atoms with E-state index in [2.05, 4.69) is 0 Å². The average Bonchev–Trinajstić information content (AvgIpc) is 2.78. The van der Waals surface area contributed by atoms with E-state index in [-0.39, 0.29) is 16.8 Å². The van der Waals surface area contributed by atoms with Crippen LogP contribution >= 0.6 is 0 Å². The summed E-state index contributed by atoms with van der Waals surface area (Å²) in [5, 5.41) is 11.2. The van der Waals surface area contributed by atoms with E-state index >= 15 is 0 Å². The monoisotopic (exact) mass is 348 g/mol. The molecule has 1 heterocycles. The number of carbonyl (C=O) groups excluding carboxylic acids is 2. The van der Waals surface area contributed by atoms with Crippen molar-refractivity contribution in [2.75, 3.05) is 4.90 Å². The van der Waals surface area contributed by atoms with Gasteiger partial charge in [-0.2, -0.15) is 8.42 Å². The lowest BCUT2D eigenvalue weighted by atomic mass is 10.1. The molecule has 0 saturated carbocycles. The van der Waals surface area contributed by atoms with Gasteiger partial charge in [0.1, 0.15) is 10.6 Å². The first-order valence-electron chi connectivity index (χ1n) is 6.45. The summed E-state index contributed by atoms with van der Waals surface area (Å²) < 4.78 is 31.3. The second kappa shape index (κ2) is 5.22. The van der Waals surface area contributed by atoms with Crippen LogP contribution in [0.1, 0.15) is 20.7 Å². The van der Waals surface area contributed by atoms with Crippen LogP contribution in [-0.4, -0.2) is 29.7 Å². The number of nitrogens with zero attached hydrogens (tertiary/aromatic N) is 2. The number of amides is 2. The van der Waals surface area contributed by atoms with Gasteiger partial charge in [0.2, 0.25) is 0 Å². The van der Waals surface area contributed by atoms with Crippen LogP contribution in [0.2, 0.25) is 0 Å². The van der Waals surface area contributed by atoms with E-state index in [1.807, 2.05) is 0 Å². The molecule has 122 valence electrons. The zero-order chi connectivity index (χ0) is 17.6. The number of nitro groups is 1. The van der Waals surface area contributed by atoms with Gasteiger partial charge in [0.15, 0.2) is 0 Å². The second-order valence-electron chi connectivity index (χ2n) is 4.87. The summed E-state index contributed by atoms with van der Waals surface area (Å²) >= 11 is 0. The van der Waals surface area contributed by atoms with Crippen molar-refractivity contribution in [2.45, 2.75) is 4.90 Å². The quantitative estimate of drug-likeness (QED) is 0.385. The van der Waals surface area contributed by atoms with Crippen molar-refractivity contribution in [3.63, 3.8) is 0 Å². The van der Waals surface area contributed by atoms with E-state index in [9.17, 15) is 28.1 Å². The summed E-state index contributed by atoms with van der Waals surface area (Å²) in [6.45, 7) is 0. The minimum Gasteiger partial charge on any atom is -0.282 e. The highest BCUT2D eigenvalue weighted by molar-refractivity contribution is 7.85. The van der Waals surface area contributed by atoms with E-state index < -0.39 is 37.4 Å². The van der Waals surface area contributed by atoms with Gasteiger partial charge in [0.25, 0.3) is 27.6 Å². The van der Waals surface area contributed by atoms with Gasteiger partial charge in [0.05, 0.1) is 16.1 Å². The van der Waals surface area contributed by atoms with Crippen molar-refractivity contribution >= 4 is 33.3 Å². The lowest BCUT2D eigenvalue weighted by molar-refractivity contribution is -0.384. The third-order valence-corrected chi connectivity index (χ3v) is 4.33. The highest BCUT2D eigenvalue weighted by Crippen LogP contribution is 2.36. The van der Waals surface area contributed by atoms with Crippen molar-refractivity contribution in [1.29, 1.82) is 0 Å². The Morgan fingerprint density at radius 3 is 2.00 bits per heavy atom. The zero-order valence-corrected chi connectivity index (χ0v) is 12.6. The van der Waals surface area contributed by atoms with Crippen LogP contribution < -0.4 is 4.90 Å². The minimum atomic E-state index is -4.67. The first-order chi connectivity index (χ1) is 11.2. The molecule has 1 aliphatic heterocycles. The van der Waals surface area contributed by atoms with Crippen molar-refractivity contribution < 1.29 is 27.5 Å². The molecule has 1 N–H and O–H groups in total. The predicted molar refractivity (Wildman–Crippen MR) is 80.5 cm³/mol. The van der Waals surface area contributed by atoms with Gasteiger partial charge in [-0.05, 0) is 24.3 Å². The van der Waals surface area contributed by atoms with Crippen LogP contribution in [0.25, 0.3) is 0 Å². The van der Waals surface area contributed by atoms with Crippen LogP contribution in [0.3, 0.4) is 0 Å². The number of nitro benzene ring substituents is 1. The van der Waals surface area contributed by atoms with E-state index in [0.717, 1.165) is 12.1 Å². The van der Waals surface area contributed by atoms with Crippen LogP contribution in [0, 0.1) is 10.1 Å². The highest BCUT2D eigenvalue weighted by Gasteiger charge is 2.39. The fourth-order valence-corrected chi connectivity index (χ4v) is 2.91. The number of hydrogen-bond acceptors (Lipinski definition) is 6. The molecule has 2 aromatic rings. The molecule has 2 aromatic carbocycles. The smallest absolute Gasteiger partial charge is 0.282 e. The number of anilines is 1. The summed E-state index contributed by atoms with van der Waals surface area (Å²) in [7, 11) is -4.67. The Morgan fingerprint density at radius 2 is 1.54 bits per heavy atom. The summed E-state index contributed by atoms with van der Waals surface area (Å²) in [5.74, 6) is -1.50.